The van der Waals surface area contributed by atoms with Crippen LogP contribution in [0.15, 0.2) is 65.8 Å². The maximum absolute atomic E-state index is 12.7. The number of benzene rings is 3. The minimum absolute atomic E-state index is 0.122. The summed E-state index contributed by atoms with van der Waals surface area (Å²) in [6, 6.07) is 19.1. The van der Waals surface area contributed by atoms with E-state index in [1.807, 2.05) is 61.7 Å². The number of nitrogens with zero attached hydrogens (tertiary/aromatic N) is 3. The standard InChI is InChI=1S/C25H23IN4O2S/c1-15-8-11-21(17(3)12-15)30-24(19-6-4-5-7-22(19)31)28-29-25(30)33-14-23(32)27-20-10-9-18(26)13-16(20)2/h4-13,31H,14H2,1-3H3,(H,27,32). The van der Waals surface area contributed by atoms with Gasteiger partial charge in [-0.3, -0.25) is 9.36 Å². The van der Waals surface area contributed by atoms with Gasteiger partial charge in [-0.05, 0) is 90.9 Å². The lowest BCUT2D eigenvalue weighted by atomic mass is 10.1. The largest absolute Gasteiger partial charge is 0.507 e. The Morgan fingerprint density at radius 3 is 2.55 bits per heavy atom. The van der Waals surface area contributed by atoms with Gasteiger partial charge in [-0.2, -0.15) is 0 Å². The highest BCUT2D eigenvalue weighted by atomic mass is 127. The summed E-state index contributed by atoms with van der Waals surface area (Å²) in [5.41, 5.74) is 5.49. The SMILES string of the molecule is Cc1ccc(-n2c(SCC(=O)Nc3ccc(I)cc3C)nnc2-c2ccccc2O)c(C)c1. The molecule has 0 radical (unpaired) electrons. The Balaban J connectivity index is 1.65. The van der Waals surface area contributed by atoms with Crippen LogP contribution in [0.1, 0.15) is 16.7 Å². The summed E-state index contributed by atoms with van der Waals surface area (Å²) < 4.78 is 3.02. The third-order valence-electron chi connectivity index (χ3n) is 5.17. The quantitative estimate of drug-likeness (QED) is 0.223. The van der Waals surface area contributed by atoms with E-state index in [4.69, 9.17) is 0 Å². The second-order valence-corrected chi connectivity index (χ2v) is 9.93. The van der Waals surface area contributed by atoms with Gasteiger partial charge in [0.15, 0.2) is 11.0 Å². The molecule has 4 rings (SSSR count). The summed E-state index contributed by atoms with van der Waals surface area (Å²) in [4.78, 5) is 12.7. The van der Waals surface area contributed by atoms with Crippen LogP contribution in [-0.4, -0.2) is 31.5 Å². The molecular formula is C25H23IN4O2S. The van der Waals surface area contributed by atoms with Crippen molar-refractivity contribution >= 4 is 45.9 Å². The molecule has 0 aliphatic heterocycles. The molecule has 0 spiro atoms. The second-order valence-electron chi connectivity index (χ2n) is 7.74. The van der Waals surface area contributed by atoms with E-state index in [1.165, 1.54) is 11.8 Å². The van der Waals surface area contributed by atoms with Crippen LogP contribution in [0.2, 0.25) is 0 Å². The van der Waals surface area contributed by atoms with E-state index in [-0.39, 0.29) is 17.4 Å². The molecule has 8 heteroatoms. The van der Waals surface area contributed by atoms with Gasteiger partial charge in [0.2, 0.25) is 5.91 Å². The van der Waals surface area contributed by atoms with E-state index in [9.17, 15) is 9.90 Å². The van der Waals surface area contributed by atoms with Gasteiger partial charge in [0, 0.05) is 9.26 Å². The van der Waals surface area contributed by atoms with Gasteiger partial charge in [-0.25, -0.2) is 0 Å². The van der Waals surface area contributed by atoms with Gasteiger partial charge in [-0.1, -0.05) is 41.6 Å². The van der Waals surface area contributed by atoms with Crippen LogP contribution in [0.4, 0.5) is 5.69 Å². The Morgan fingerprint density at radius 2 is 1.82 bits per heavy atom. The minimum atomic E-state index is -0.122. The Bertz CT molecular complexity index is 1340. The molecule has 0 atom stereocenters. The smallest absolute Gasteiger partial charge is 0.234 e. The number of rotatable bonds is 6. The molecule has 1 aromatic heterocycles. The highest BCUT2D eigenvalue weighted by molar-refractivity contribution is 14.1. The molecule has 4 aromatic rings. The predicted octanol–water partition coefficient (Wildman–Crippen LogP) is 5.90. The predicted molar refractivity (Wildman–Crippen MR) is 141 cm³/mol. The van der Waals surface area contributed by atoms with Gasteiger partial charge in [0.1, 0.15) is 5.75 Å². The van der Waals surface area contributed by atoms with Crippen LogP contribution in [0.3, 0.4) is 0 Å². The molecular weight excluding hydrogens is 547 g/mol. The number of thioether (sulfide) groups is 1. The first-order chi connectivity index (χ1) is 15.8. The first kappa shape index (κ1) is 23.3. The fourth-order valence-electron chi connectivity index (χ4n) is 3.56. The Hall–Kier alpha value is -2.85. The van der Waals surface area contributed by atoms with Crippen molar-refractivity contribution in [1.29, 1.82) is 0 Å². The van der Waals surface area contributed by atoms with Crippen LogP contribution in [0.5, 0.6) is 5.75 Å². The molecule has 6 nitrogen and oxygen atoms in total. The number of para-hydroxylation sites is 1. The zero-order valence-corrected chi connectivity index (χ0v) is 21.4. The van der Waals surface area contributed by atoms with E-state index < -0.39 is 0 Å². The molecule has 1 heterocycles. The molecule has 33 heavy (non-hydrogen) atoms. The number of aryl methyl sites for hydroxylation is 3. The van der Waals surface area contributed by atoms with Gasteiger partial charge in [-0.15, -0.1) is 10.2 Å². The molecule has 1 amide bonds. The number of hydrogen-bond acceptors (Lipinski definition) is 5. The molecule has 3 aromatic carbocycles. The average molecular weight is 570 g/mol. The summed E-state index contributed by atoms with van der Waals surface area (Å²) in [6.45, 7) is 6.04. The van der Waals surface area contributed by atoms with Crippen LogP contribution < -0.4 is 5.32 Å². The molecule has 0 unspecified atom stereocenters. The highest BCUT2D eigenvalue weighted by Crippen LogP contribution is 2.33. The topological polar surface area (TPSA) is 80.0 Å². The molecule has 2 N–H and O–H groups in total. The van der Waals surface area contributed by atoms with Crippen molar-refractivity contribution in [3.63, 3.8) is 0 Å². The fourth-order valence-corrected chi connectivity index (χ4v) is 4.95. The van der Waals surface area contributed by atoms with E-state index in [1.54, 1.807) is 18.2 Å². The van der Waals surface area contributed by atoms with Crippen molar-refractivity contribution in [1.82, 2.24) is 14.8 Å². The number of halogens is 1. The average Bonchev–Trinajstić information content (AvgIpc) is 3.18. The number of hydrogen-bond donors (Lipinski definition) is 2. The summed E-state index contributed by atoms with van der Waals surface area (Å²) in [6.07, 6.45) is 0. The third-order valence-corrected chi connectivity index (χ3v) is 6.77. The number of aromatic nitrogens is 3. The summed E-state index contributed by atoms with van der Waals surface area (Å²) in [5, 5.41) is 22.7. The number of phenols is 1. The molecule has 0 fully saturated rings. The molecule has 0 bridgehead atoms. The molecule has 0 saturated heterocycles. The van der Waals surface area contributed by atoms with Gasteiger partial charge >= 0.3 is 0 Å². The second kappa shape index (κ2) is 9.96. The highest BCUT2D eigenvalue weighted by Gasteiger charge is 2.20. The van der Waals surface area contributed by atoms with Crippen molar-refractivity contribution < 1.29 is 9.90 Å². The number of phenolic OH excluding ortho intramolecular Hbond substituents is 1. The fraction of sp³-hybridized carbons (Fsp3) is 0.160. The summed E-state index contributed by atoms with van der Waals surface area (Å²) >= 11 is 3.56. The normalized spacial score (nSPS) is 10.9. The summed E-state index contributed by atoms with van der Waals surface area (Å²) in [5.74, 6) is 0.703. The Labute approximate surface area is 210 Å². The number of amides is 1. The zero-order chi connectivity index (χ0) is 23.5. The lowest BCUT2D eigenvalue weighted by molar-refractivity contribution is -0.113. The number of aromatic hydroxyl groups is 1. The van der Waals surface area contributed by atoms with Crippen LogP contribution in [-0.2, 0) is 4.79 Å². The van der Waals surface area contributed by atoms with Crippen LogP contribution >= 0.6 is 34.4 Å². The first-order valence-corrected chi connectivity index (χ1v) is 12.4. The Morgan fingerprint density at radius 1 is 1.03 bits per heavy atom. The maximum atomic E-state index is 12.7. The monoisotopic (exact) mass is 570 g/mol. The Kier molecular flexibility index (Phi) is 7.04. The maximum Gasteiger partial charge on any atom is 0.234 e. The number of nitrogens with one attached hydrogen (secondary N) is 1. The van der Waals surface area contributed by atoms with E-state index in [2.05, 4.69) is 44.2 Å². The van der Waals surface area contributed by atoms with Gasteiger partial charge < -0.3 is 10.4 Å². The van der Waals surface area contributed by atoms with Crippen molar-refractivity contribution in [2.24, 2.45) is 0 Å². The van der Waals surface area contributed by atoms with Crippen LogP contribution in [0.25, 0.3) is 17.1 Å². The van der Waals surface area contributed by atoms with Gasteiger partial charge in [0.05, 0.1) is 17.0 Å². The zero-order valence-electron chi connectivity index (χ0n) is 18.5. The van der Waals surface area contributed by atoms with Crippen molar-refractivity contribution in [3.05, 3.63) is 80.9 Å². The van der Waals surface area contributed by atoms with Crippen molar-refractivity contribution in [2.45, 2.75) is 25.9 Å². The molecule has 168 valence electrons. The molecule has 0 aliphatic rings. The van der Waals surface area contributed by atoms with Gasteiger partial charge in [0.25, 0.3) is 0 Å². The lowest BCUT2D eigenvalue weighted by Crippen LogP contribution is -2.15. The molecule has 0 aliphatic carbocycles. The number of anilines is 1. The first-order valence-electron chi connectivity index (χ1n) is 10.3. The molecule has 0 saturated carbocycles. The van der Waals surface area contributed by atoms with Crippen molar-refractivity contribution in [3.8, 4) is 22.8 Å². The minimum Gasteiger partial charge on any atom is -0.507 e. The van der Waals surface area contributed by atoms with Crippen molar-refractivity contribution in [2.75, 3.05) is 11.1 Å². The number of carbonyl (C=O) groups excluding carboxylic acids is 1. The van der Waals surface area contributed by atoms with E-state index in [0.717, 1.165) is 31.6 Å². The van der Waals surface area contributed by atoms with Crippen LogP contribution in [0, 0.1) is 24.3 Å². The van der Waals surface area contributed by atoms with E-state index in [0.29, 0.717) is 16.5 Å². The lowest BCUT2D eigenvalue weighted by Gasteiger charge is -2.14. The summed E-state index contributed by atoms with van der Waals surface area (Å²) in [7, 11) is 0. The number of carbonyl (C=O) groups is 1. The third kappa shape index (κ3) is 5.22. The van der Waals surface area contributed by atoms with E-state index >= 15 is 0 Å².